The number of carbonyl (C=O) groups is 2. The van der Waals surface area contributed by atoms with Gasteiger partial charge in [0.2, 0.25) is 0 Å². The number of rotatable bonds is 5. The molecule has 2 amide bonds. The summed E-state index contributed by atoms with van der Waals surface area (Å²) in [6.45, 7) is 3.92. The second-order valence-corrected chi connectivity index (χ2v) is 11.3. The van der Waals surface area contributed by atoms with Crippen LogP contribution in [-0.4, -0.2) is 54.0 Å². The maximum absolute atomic E-state index is 13.7. The van der Waals surface area contributed by atoms with Gasteiger partial charge in [-0.2, -0.15) is 0 Å². The first kappa shape index (κ1) is 21.9. The highest BCUT2D eigenvalue weighted by molar-refractivity contribution is 7.15. The Balaban J connectivity index is 1.21. The Morgan fingerprint density at radius 2 is 2.15 bits per heavy atom. The van der Waals surface area contributed by atoms with Gasteiger partial charge in [-0.3, -0.25) is 9.59 Å². The summed E-state index contributed by atoms with van der Waals surface area (Å²) in [6, 6.07) is 7.45. The van der Waals surface area contributed by atoms with E-state index in [0.29, 0.717) is 65.2 Å². The lowest BCUT2D eigenvalue weighted by atomic mass is 10.1. The summed E-state index contributed by atoms with van der Waals surface area (Å²) in [7, 11) is 0. The fourth-order valence-corrected chi connectivity index (χ4v) is 6.84. The van der Waals surface area contributed by atoms with Gasteiger partial charge in [-0.15, -0.1) is 22.7 Å². The molecule has 4 heterocycles. The number of hydrogen-bond acceptors (Lipinski definition) is 7. The summed E-state index contributed by atoms with van der Waals surface area (Å²) in [5.41, 5.74) is 1.35. The number of aryl methyl sites for hydroxylation is 1. The molecule has 1 N–H and O–H groups in total. The van der Waals surface area contributed by atoms with Gasteiger partial charge in [-0.05, 0) is 42.9 Å². The van der Waals surface area contributed by atoms with Crippen LogP contribution in [0.1, 0.15) is 31.6 Å². The van der Waals surface area contributed by atoms with Gasteiger partial charge in [0, 0.05) is 23.5 Å². The number of nitrogens with zero attached hydrogens (tertiary/aromatic N) is 2. The van der Waals surface area contributed by atoms with Crippen molar-refractivity contribution in [1.29, 1.82) is 0 Å². The zero-order valence-electron chi connectivity index (χ0n) is 18.4. The first-order valence-electron chi connectivity index (χ1n) is 11.2. The number of carbonyl (C=O) groups excluding carboxylic acids is 2. The molecule has 2 fully saturated rings. The predicted octanol–water partition coefficient (Wildman–Crippen LogP) is 4.50. The van der Waals surface area contributed by atoms with E-state index in [9.17, 15) is 9.59 Å². The molecule has 10 heteroatoms. The molecule has 7 nitrogen and oxygen atoms in total. The second kappa shape index (κ2) is 8.55. The molecule has 176 valence electrons. The van der Waals surface area contributed by atoms with Crippen molar-refractivity contribution in [3.8, 4) is 21.9 Å². The normalized spacial score (nSPS) is 22.4. The molecule has 1 saturated heterocycles. The monoisotopic (exact) mass is 515 g/mol. The first-order valence-corrected chi connectivity index (χ1v) is 13.3. The number of hydrogen-bond donors (Lipinski definition) is 1. The lowest BCUT2D eigenvalue weighted by Gasteiger charge is -2.27. The van der Waals surface area contributed by atoms with Crippen LogP contribution in [0.15, 0.2) is 29.6 Å². The number of piperidine rings is 1. The average molecular weight is 516 g/mol. The van der Waals surface area contributed by atoms with Crippen LogP contribution in [-0.2, 0) is 0 Å². The Morgan fingerprint density at radius 1 is 1.29 bits per heavy atom. The third-order valence-corrected chi connectivity index (χ3v) is 8.76. The van der Waals surface area contributed by atoms with Crippen LogP contribution in [0.25, 0.3) is 10.4 Å². The van der Waals surface area contributed by atoms with Gasteiger partial charge in [0.15, 0.2) is 11.5 Å². The third kappa shape index (κ3) is 3.85. The number of ether oxygens (including phenoxy) is 2. The van der Waals surface area contributed by atoms with Crippen molar-refractivity contribution >= 4 is 46.1 Å². The van der Waals surface area contributed by atoms with E-state index in [0.717, 1.165) is 21.9 Å². The largest absolute Gasteiger partial charge is 0.485 e. The minimum absolute atomic E-state index is 0.0522. The molecule has 2 aliphatic heterocycles. The molecule has 1 aromatic carbocycles. The summed E-state index contributed by atoms with van der Waals surface area (Å²) in [5, 5.41) is 6.29. The van der Waals surface area contributed by atoms with Crippen LogP contribution in [0, 0.1) is 18.8 Å². The molecule has 6 rings (SSSR count). The number of thiazole rings is 1. The van der Waals surface area contributed by atoms with Gasteiger partial charge in [0.05, 0.1) is 15.9 Å². The van der Waals surface area contributed by atoms with Crippen molar-refractivity contribution in [2.75, 3.05) is 26.3 Å². The lowest BCUT2D eigenvalue weighted by Crippen LogP contribution is -2.45. The molecule has 3 aromatic rings. The Morgan fingerprint density at radius 3 is 3.00 bits per heavy atom. The van der Waals surface area contributed by atoms with Crippen LogP contribution in [0.5, 0.6) is 11.5 Å². The number of fused-ring (bicyclic) bond motifs is 2. The molecule has 0 spiro atoms. The summed E-state index contributed by atoms with van der Waals surface area (Å²) in [5.74, 6) is 1.76. The van der Waals surface area contributed by atoms with Gasteiger partial charge >= 0.3 is 0 Å². The maximum atomic E-state index is 13.7. The van der Waals surface area contributed by atoms with Crippen LogP contribution in [0.2, 0.25) is 5.02 Å². The number of benzene rings is 1. The Bertz CT molecular complexity index is 1290. The van der Waals surface area contributed by atoms with Crippen LogP contribution < -0.4 is 14.8 Å². The molecule has 1 saturated carbocycles. The average Bonchev–Trinajstić information content (AvgIpc) is 3.17. The number of likely N-dealkylation sites (tertiary alicyclic amines) is 1. The zero-order valence-corrected chi connectivity index (χ0v) is 20.8. The van der Waals surface area contributed by atoms with Crippen molar-refractivity contribution in [1.82, 2.24) is 15.2 Å². The summed E-state index contributed by atoms with van der Waals surface area (Å²) < 4.78 is 11.2. The Hall–Kier alpha value is -2.62. The van der Waals surface area contributed by atoms with Crippen molar-refractivity contribution in [2.45, 2.75) is 19.4 Å². The van der Waals surface area contributed by atoms with Gasteiger partial charge in [-0.25, -0.2) is 4.98 Å². The van der Waals surface area contributed by atoms with E-state index in [1.54, 1.807) is 5.38 Å². The Kier molecular flexibility index (Phi) is 5.50. The number of thiophene rings is 1. The van der Waals surface area contributed by atoms with Gasteiger partial charge < -0.3 is 19.7 Å². The summed E-state index contributed by atoms with van der Waals surface area (Å²) >= 11 is 9.01. The molecule has 0 bridgehead atoms. The van der Waals surface area contributed by atoms with Crippen LogP contribution in [0.4, 0.5) is 0 Å². The SMILES string of the molecule is Cc1nc(C(=O)N2C[C@H]3C[C@H]3[C@H]2CNC(=O)c2scc3c2OCCO3)c(-c2cccc(Cl)c2)s1. The molecular formula is C24H22ClN3O4S2. The topological polar surface area (TPSA) is 80.8 Å². The van der Waals surface area contributed by atoms with Gasteiger partial charge in [0.1, 0.15) is 23.8 Å². The quantitative estimate of drug-likeness (QED) is 0.541. The highest BCUT2D eigenvalue weighted by Crippen LogP contribution is 2.50. The van der Waals surface area contributed by atoms with Crippen molar-refractivity contribution in [3.63, 3.8) is 0 Å². The summed E-state index contributed by atoms with van der Waals surface area (Å²) in [4.78, 5) is 34.4. The van der Waals surface area contributed by atoms with E-state index in [4.69, 9.17) is 21.1 Å². The van der Waals surface area contributed by atoms with Gasteiger partial charge in [-0.1, -0.05) is 23.7 Å². The number of halogens is 1. The highest BCUT2D eigenvalue weighted by atomic mass is 35.5. The summed E-state index contributed by atoms with van der Waals surface area (Å²) in [6.07, 6.45) is 1.09. The van der Waals surface area contributed by atoms with E-state index >= 15 is 0 Å². The van der Waals surface area contributed by atoms with Crippen LogP contribution >= 0.6 is 34.3 Å². The van der Waals surface area contributed by atoms with E-state index in [2.05, 4.69) is 10.3 Å². The van der Waals surface area contributed by atoms with Gasteiger partial charge in [0.25, 0.3) is 11.8 Å². The van der Waals surface area contributed by atoms with Crippen molar-refractivity contribution < 1.29 is 19.1 Å². The van der Waals surface area contributed by atoms with E-state index in [1.165, 1.54) is 22.7 Å². The standard InChI is InChI=1S/C24H22ClN3O4S2/c1-12-27-19(21(34-12)13-3-2-4-15(25)7-13)24(30)28-10-14-8-16(14)17(28)9-26-23(29)22-20-18(11-33-22)31-5-6-32-20/h2-4,7,11,14,16-17H,5-6,8-10H2,1H3,(H,26,29)/t14-,16-,17-/m1/s1. The molecule has 0 radical (unpaired) electrons. The van der Waals surface area contributed by atoms with E-state index in [-0.39, 0.29) is 17.9 Å². The molecule has 3 atom stereocenters. The fraction of sp³-hybridized carbons (Fsp3) is 0.375. The lowest BCUT2D eigenvalue weighted by molar-refractivity contribution is 0.0690. The smallest absolute Gasteiger partial charge is 0.274 e. The van der Waals surface area contributed by atoms with E-state index in [1.807, 2.05) is 36.1 Å². The molecule has 34 heavy (non-hydrogen) atoms. The molecule has 0 unspecified atom stereocenters. The molecule has 2 aromatic heterocycles. The maximum Gasteiger partial charge on any atom is 0.274 e. The molecular weight excluding hydrogens is 494 g/mol. The number of amides is 2. The number of nitrogens with one attached hydrogen (secondary N) is 1. The minimum Gasteiger partial charge on any atom is -0.485 e. The fourth-order valence-electron chi connectivity index (χ4n) is 4.90. The second-order valence-electron chi connectivity index (χ2n) is 8.77. The molecule has 1 aliphatic carbocycles. The zero-order chi connectivity index (χ0) is 23.4. The molecule has 3 aliphatic rings. The Labute approximate surface area is 209 Å². The van der Waals surface area contributed by atoms with Crippen molar-refractivity contribution in [3.05, 3.63) is 50.2 Å². The minimum atomic E-state index is -0.197. The van der Waals surface area contributed by atoms with Crippen molar-refractivity contribution in [2.24, 2.45) is 11.8 Å². The highest BCUT2D eigenvalue weighted by Gasteiger charge is 2.54. The third-order valence-electron chi connectivity index (χ3n) is 6.57. The first-order chi connectivity index (χ1) is 16.5. The number of aromatic nitrogens is 1. The predicted molar refractivity (Wildman–Crippen MR) is 131 cm³/mol. The van der Waals surface area contributed by atoms with Crippen LogP contribution in [0.3, 0.4) is 0 Å². The van der Waals surface area contributed by atoms with E-state index < -0.39 is 0 Å².